The topological polar surface area (TPSA) is 106 Å². The Kier molecular flexibility index (Phi) is 9.26. The number of pyridine rings is 1. The lowest BCUT2D eigenvalue weighted by molar-refractivity contribution is -0.125. The number of benzene rings is 1. The number of carbonyl (C=O) groups excluding carboxylic acids is 3. The SMILES string of the molecule is CN(C)C(=O)/C=C/CCC(OC(=O)N(C)C)C(=O)Nc1cccn(Cc2cc3cc(F)ccc3n2CC2CC2)c1=O. The molecule has 0 bridgehead atoms. The van der Waals surface area contributed by atoms with Crippen LogP contribution in [0.4, 0.5) is 14.9 Å². The molecular formula is C30H36FN5O5. The molecule has 1 fully saturated rings. The molecule has 0 saturated heterocycles. The first-order chi connectivity index (χ1) is 19.5. The number of anilines is 1. The normalized spacial score (nSPS) is 13.8. The predicted molar refractivity (Wildman–Crippen MR) is 154 cm³/mol. The minimum Gasteiger partial charge on any atom is -0.436 e. The van der Waals surface area contributed by atoms with Crippen molar-refractivity contribution in [3.05, 3.63) is 76.6 Å². The molecule has 1 aromatic carbocycles. The molecule has 218 valence electrons. The molecule has 0 aliphatic heterocycles. The molecule has 1 saturated carbocycles. The van der Waals surface area contributed by atoms with Crippen molar-refractivity contribution in [3.63, 3.8) is 0 Å². The summed E-state index contributed by atoms with van der Waals surface area (Å²) in [4.78, 5) is 53.2. The van der Waals surface area contributed by atoms with Gasteiger partial charge in [-0.15, -0.1) is 0 Å². The van der Waals surface area contributed by atoms with Gasteiger partial charge in [-0.2, -0.15) is 0 Å². The highest BCUT2D eigenvalue weighted by atomic mass is 19.1. The minimum atomic E-state index is -1.19. The van der Waals surface area contributed by atoms with E-state index in [1.54, 1.807) is 38.5 Å². The number of allylic oxidation sites excluding steroid dienone is 1. The average molecular weight is 566 g/mol. The summed E-state index contributed by atoms with van der Waals surface area (Å²) < 4.78 is 22.9. The Bertz CT molecular complexity index is 1520. The zero-order chi connectivity index (χ0) is 29.7. The second-order valence-electron chi connectivity index (χ2n) is 10.7. The monoisotopic (exact) mass is 565 g/mol. The summed E-state index contributed by atoms with van der Waals surface area (Å²) in [5.74, 6) is -0.614. The summed E-state index contributed by atoms with van der Waals surface area (Å²) >= 11 is 0. The Morgan fingerprint density at radius 2 is 1.88 bits per heavy atom. The standard InChI is InChI=1S/C30H36FN5O5/c1-33(2)27(37)10-6-5-9-26(41-30(40)34(3)4)28(38)32-24-8-7-15-35(29(24)39)19-23-17-21-16-22(31)13-14-25(21)36(23)18-20-11-12-20/h6-8,10,13-17,20,26H,5,9,11-12,18-19H2,1-4H3,(H,32,38)/b10-6+. The lowest BCUT2D eigenvalue weighted by atomic mass is 10.1. The molecule has 2 heterocycles. The maximum absolute atomic E-state index is 13.9. The third-order valence-electron chi connectivity index (χ3n) is 6.89. The van der Waals surface area contributed by atoms with Crippen molar-refractivity contribution in [2.24, 2.45) is 5.92 Å². The summed E-state index contributed by atoms with van der Waals surface area (Å²) in [6, 6.07) is 9.73. The van der Waals surface area contributed by atoms with Crippen LogP contribution in [0.5, 0.6) is 0 Å². The van der Waals surface area contributed by atoms with Crippen LogP contribution < -0.4 is 10.9 Å². The number of amides is 3. The molecule has 2 aromatic heterocycles. The van der Waals surface area contributed by atoms with Crippen LogP contribution in [-0.2, 0) is 27.4 Å². The Labute approximate surface area is 238 Å². The van der Waals surface area contributed by atoms with Gasteiger partial charge in [0.05, 0.1) is 6.54 Å². The van der Waals surface area contributed by atoms with E-state index in [9.17, 15) is 23.6 Å². The van der Waals surface area contributed by atoms with E-state index in [0.717, 1.165) is 36.0 Å². The fourth-order valence-electron chi connectivity index (χ4n) is 4.40. The number of carbonyl (C=O) groups is 3. The molecule has 10 nitrogen and oxygen atoms in total. The van der Waals surface area contributed by atoms with Crippen molar-refractivity contribution in [1.29, 1.82) is 0 Å². The molecule has 11 heteroatoms. The number of fused-ring (bicyclic) bond motifs is 1. The highest BCUT2D eigenvalue weighted by Gasteiger charge is 2.26. The van der Waals surface area contributed by atoms with Crippen LogP contribution in [0.3, 0.4) is 0 Å². The predicted octanol–water partition coefficient (Wildman–Crippen LogP) is 3.83. The Balaban J connectivity index is 1.53. The molecule has 1 unspecified atom stereocenters. The summed E-state index contributed by atoms with van der Waals surface area (Å²) in [5.41, 5.74) is 1.39. The number of ether oxygens (including phenoxy) is 1. The Morgan fingerprint density at radius 1 is 1.12 bits per heavy atom. The molecule has 1 atom stereocenters. The summed E-state index contributed by atoms with van der Waals surface area (Å²) in [5, 5.41) is 3.38. The van der Waals surface area contributed by atoms with Gasteiger partial charge in [0.25, 0.3) is 11.5 Å². The van der Waals surface area contributed by atoms with E-state index in [-0.39, 0.29) is 30.4 Å². The number of likely N-dealkylation sites (N-methyl/N-ethyl adjacent to an activating group) is 1. The van der Waals surface area contributed by atoms with Crippen LogP contribution in [-0.4, -0.2) is 71.1 Å². The maximum atomic E-state index is 13.9. The van der Waals surface area contributed by atoms with E-state index in [1.165, 1.54) is 52.7 Å². The van der Waals surface area contributed by atoms with Crippen LogP contribution >= 0.6 is 0 Å². The number of halogens is 1. The van der Waals surface area contributed by atoms with Gasteiger partial charge in [0.1, 0.15) is 11.5 Å². The molecular weight excluding hydrogens is 529 g/mol. The largest absolute Gasteiger partial charge is 0.436 e. The Morgan fingerprint density at radius 3 is 2.56 bits per heavy atom. The second-order valence-corrected chi connectivity index (χ2v) is 10.7. The van der Waals surface area contributed by atoms with E-state index in [4.69, 9.17) is 4.74 Å². The molecule has 4 rings (SSSR count). The molecule has 0 spiro atoms. The average Bonchev–Trinajstić information content (AvgIpc) is 3.68. The first-order valence-corrected chi connectivity index (χ1v) is 13.6. The molecule has 41 heavy (non-hydrogen) atoms. The van der Waals surface area contributed by atoms with Crippen molar-refractivity contribution >= 4 is 34.5 Å². The smallest absolute Gasteiger partial charge is 0.410 e. The van der Waals surface area contributed by atoms with Gasteiger partial charge in [0.15, 0.2) is 6.10 Å². The quantitative estimate of drug-likeness (QED) is 0.356. The molecule has 1 aliphatic rings. The molecule has 1 aliphatic carbocycles. The van der Waals surface area contributed by atoms with Gasteiger partial charge in [-0.05, 0) is 74.1 Å². The number of hydrogen-bond acceptors (Lipinski definition) is 5. The lowest BCUT2D eigenvalue weighted by Crippen LogP contribution is -2.37. The van der Waals surface area contributed by atoms with E-state index in [2.05, 4.69) is 9.88 Å². The fourth-order valence-corrected chi connectivity index (χ4v) is 4.40. The number of nitrogens with zero attached hydrogens (tertiary/aromatic N) is 4. The van der Waals surface area contributed by atoms with Crippen LogP contribution in [0.2, 0.25) is 0 Å². The highest BCUT2D eigenvalue weighted by molar-refractivity contribution is 5.95. The number of hydrogen-bond donors (Lipinski definition) is 1. The molecule has 1 N–H and O–H groups in total. The van der Waals surface area contributed by atoms with Crippen LogP contribution in [0.15, 0.2) is 59.5 Å². The Hall–Kier alpha value is -4.41. The van der Waals surface area contributed by atoms with Gasteiger partial charge in [-0.1, -0.05) is 6.08 Å². The second kappa shape index (κ2) is 12.8. The number of rotatable bonds is 11. The fraction of sp³-hybridized carbons (Fsp3) is 0.400. The third-order valence-corrected chi connectivity index (χ3v) is 6.89. The van der Waals surface area contributed by atoms with Crippen molar-refractivity contribution in [1.82, 2.24) is 18.9 Å². The van der Waals surface area contributed by atoms with E-state index in [0.29, 0.717) is 12.3 Å². The van der Waals surface area contributed by atoms with Gasteiger partial charge >= 0.3 is 6.09 Å². The molecule has 3 aromatic rings. The molecule has 0 radical (unpaired) electrons. The number of aromatic nitrogens is 2. The summed E-state index contributed by atoms with van der Waals surface area (Å²) in [6.45, 7) is 1.03. The van der Waals surface area contributed by atoms with Crippen molar-refractivity contribution in [3.8, 4) is 0 Å². The first kappa shape index (κ1) is 29.6. The first-order valence-electron chi connectivity index (χ1n) is 13.6. The summed E-state index contributed by atoms with van der Waals surface area (Å²) in [6.07, 6.45) is 5.42. The number of nitrogens with one attached hydrogen (secondary N) is 1. The van der Waals surface area contributed by atoms with Gasteiger partial charge in [-0.3, -0.25) is 14.4 Å². The maximum Gasteiger partial charge on any atom is 0.410 e. The van der Waals surface area contributed by atoms with E-state index < -0.39 is 23.7 Å². The van der Waals surface area contributed by atoms with Gasteiger partial charge in [0, 0.05) is 57.5 Å². The van der Waals surface area contributed by atoms with Gasteiger partial charge < -0.3 is 29.0 Å². The van der Waals surface area contributed by atoms with Crippen molar-refractivity contribution in [2.45, 2.75) is 44.9 Å². The van der Waals surface area contributed by atoms with Gasteiger partial charge in [0.2, 0.25) is 5.91 Å². The zero-order valence-corrected chi connectivity index (χ0v) is 23.8. The van der Waals surface area contributed by atoms with E-state index >= 15 is 0 Å². The van der Waals surface area contributed by atoms with Crippen LogP contribution in [0.25, 0.3) is 10.9 Å². The van der Waals surface area contributed by atoms with Crippen LogP contribution in [0.1, 0.15) is 31.4 Å². The van der Waals surface area contributed by atoms with Crippen molar-refractivity contribution in [2.75, 3.05) is 33.5 Å². The van der Waals surface area contributed by atoms with Gasteiger partial charge in [-0.25, -0.2) is 9.18 Å². The third kappa shape index (κ3) is 7.62. The highest BCUT2D eigenvalue weighted by Crippen LogP contribution is 2.33. The zero-order valence-electron chi connectivity index (χ0n) is 23.8. The lowest BCUT2D eigenvalue weighted by Gasteiger charge is -2.20. The van der Waals surface area contributed by atoms with E-state index in [1.807, 2.05) is 6.07 Å². The van der Waals surface area contributed by atoms with Crippen molar-refractivity contribution < 1.29 is 23.5 Å². The summed E-state index contributed by atoms with van der Waals surface area (Å²) in [7, 11) is 6.25. The van der Waals surface area contributed by atoms with Crippen LogP contribution in [0, 0.1) is 11.7 Å². The minimum absolute atomic E-state index is 0.0395. The molecule has 3 amide bonds.